The number of hydrogen-bond acceptors (Lipinski definition) is 13. The quantitative estimate of drug-likeness (QED) is 0.0142. The fraction of sp³-hybridized carbons (Fsp3) is 0.0959. The van der Waals surface area contributed by atoms with Crippen LogP contribution in [0.5, 0.6) is 11.5 Å². The third-order valence-corrected chi connectivity index (χ3v) is 18.0. The van der Waals surface area contributed by atoms with Crippen LogP contribution in [0, 0.1) is 0 Å². The Kier molecular flexibility index (Phi) is 16.3. The molecule has 4 heterocycles. The maximum atomic E-state index is 15.7. The summed E-state index contributed by atoms with van der Waals surface area (Å²) in [6, 6.07) is 79.9. The molecule has 4 N–H and O–H groups in total. The van der Waals surface area contributed by atoms with Crippen molar-refractivity contribution >= 4 is 62.8 Å². The molecule has 2 aliphatic heterocycles. The molecular weight excluding hydrogens is 1150 g/mol. The molecule has 0 saturated carbocycles. The van der Waals surface area contributed by atoms with Gasteiger partial charge in [0.1, 0.15) is 28.3 Å². The first-order valence-corrected chi connectivity index (χ1v) is 30.8. The van der Waals surface area contributed by atoms with Crippen molar-refractivity contribution in [3.05, 3.63) is 340 Å². The van der Waals surface area contributed by atoms with Gasteiger partial charge in [0.25, 0.3) is 11.8 Å². The van der Waals surface area contributed by atoms with Gasteiger partial charge >= 0.3 is 5.97 Å². The molecule has 9 aromatic carbocycles. The minimum absolute atomic E-state index is 0.0277. The van der Waals surface area contributed by atoms with Crippen molar-refractivity contribution in [3.63, 3.8) is 0 Å². The number of nitrogens with zero attached hydrogens (tertiary/aromatic N) is 5. The zero-order valence-electron chi connectivity index (χ0n) is 47.7. The number of β-lactam (4-membered cyclic amide) rings is 1. The Labute approximate surface area is 521 Å². The van der Waals surface area contributed by atoms with E-state index in [1.165, 1.54) is 40.1 Å². The molecule has 2 aliphatic rings. The summed E-state index contributed by atoms with van der Waals surface area (Å²) in [7, 11) is 0. The van der Waals surface area contributed by atoms with Gasteiger partial charge in [0.05, 0.1) is 17.4 Å². The molecule has 1 fully saturated rings. The molecule has 1 unspecified atom stereocenters. The summed E-state index contributed by atoms with van der Waals surface area (Å²) in [5.41, 5.74) is 5.67. The van der Waals surface area contributed by atoms with Crippen molar-refractivity contribution in [2.45, 2.75) is 35.2 Å². The summed E-state index contributed by atoms with van der Waals surface area (Å²) in [5.74, 6) is -2.37. The average Bonchev–Trinajstić information content (AvgIpc) is 1.25. The van der Waals surface area contributed by atoms with Gasteiger partial charge in [0.2, 0.25) is 5.60 Å². The fourth-order valence-electron chi connectivity index (χ4n) is 11.6. The Morgan fingerprint density at radius 2 is 1.12 bits per heavy atom. The molecule has 89 heavy (non-hydrogen) atoms. The predicted octanol–water partition coefficient (Wildman–Crippen LogP) is 13.3. The molecule has 0 aliphatic carbocycles. The first kappa shape index (κ1) is 57.3. The summed E-state index contributed by atoms with van der Waals surface area (Å²) >= 11 is 2.67. The number of thioether (sulfide) groups is 1. The smallest absolute Gasteiger partial charge is 0.356 e. The number of nitrogens with one attached hydrogen (secondary N) is 2. The lowest BCUT2D eigenvalue weighted by molar-refractivity contribution is -0.154. The molecule has 2 atom stereocenters. The number of benzene rings is 9. The first-order chi connectivity index (χ1) is 43.7. The van der Waals surface area contributed by atoms with Crippen LogP contribution in [0.1, 0.15) is 56.3 Å². The van der Waals surface area contributed by atoms with Crippen LogP contribution in [-0.2, 0) is 41.6 Å². The van der Waals surface area contributed by atoms with Gasteiger partial charge in [-0.15, -0.1) is 23.1 Å². The highest BCUT2D eigenvalue weighted by atomic mass is 32.2. The molecule has 1 saturated heterocycles. The van der Waals surface area contributed by atoms with Crippen LogP contribution < -0.4 is 10.6 Å². The van der Waals surface area contributed by atoms with Crippen LogP contribution in [-0.4, -0.2) is 70.3 Å². The number of aromatic nitrogens is 3. The number of imidazole rings is 1. The lowest BCUT2D eigenvalue weighted by atomic mass is 9.77. The van der Waals surface area contributed by atoms with E-state index in [2.05, 4.69) is 52.0 Å². The number of thiazole rings is 1. The molecule has 438 valence electrons. The number of carbonyl (C=O) groups excluding carboxylic acids is 3. The van der Waals surface area contributed by atoms with E-state index in [0.29, 0.717) is 21.7 Å². The van der Waals surface area contributed by atoms with E-state index < -0.39 is 46.4 Å². The minimum Gasteiger partial charge on any atom is -0.504 e. The number of phenols is 2. The minimum atomic E-state index is -1.41. The number of rotatable bonds is 20. The van der Waals surface area contributed by atoms with Crippen molar-refractivity contribution in [1.29, 1.82) is 0 Å². The van der Waals surface area contributed by atoms with Crippen molar-refractivity contribution < 1.29 is 34.2 Å². The molecule has 2 amide bonds. The maximum absolute atomic E-state index is 15.7. The second-order valence-corrected chi connectivity index (χ2v) is 23.3. The Morgan fingerprint density at radius 1 is 0.652 bits per heavy atom. The van der Waals surface area contributed by atoms with E-state index in [0.717, 1.165) is 44.5 Å². The summed E-state index contributed by atoms with van der Waals surface area (Å²) in [6.07, 6.45) is 4.35. The number of aromatic hydroxyl groups is 2. The van der Waals surface area contributed by atoms with Gasteiger partial charge in [-0.05, 0) is 33.4 Å². The zero-order valence-corrected chi connectivity index (χ0v) is 49.3. The van der Waals surface area contributed by atoms with E-state index in [1.54, 1.807) is 22.4 Å². The summed E-state index contributed by atoms with van der Waals surface area (Å²) < 4.78 is 8.28. The Balaban J connectivity index is 0.887. The lowest BCUT2D eigenvalue weighted by Crippen LogP contribution is -2.71. The third-order valence-electron chi connectivity index (χ3n) is 15.9. The highest BCUT2D eigenvalue weighted by Gasteiger charge is 2.55. The summed E-state index contributed by atoms with van der Waals surface area (Å²) in [4.78, 5) is 64.0. The second-order valence-electron chi connectivity index (χ2n) is 21.3. The number of amides is 2. The van der Waals surface area contributed by atoms with Crippen LogP contribution in [0.25, 0.3) is 11.0 Å². The summed E-state index contributed by atoms with van der Waals surface area (Å²) in [6.45, 7) is 0.258. The molecular formula is C73H57N7O7S2. The van der Waals surface area contributed by atoms with E-state index in [1.807, 2.05) is 212 Å². The molecule has 0 radical (unpaired) electrons. The number of esters is 1. The topological polar surface area (TPSA) is 180 Å². The maximum Gasteiger partial charge on any atom is 0.356 e. The number of ether oxygens (including phenoxy) is 1. The van der Waals surface area contributed by atoms with Crippen LogP contribution in [0.15, 0.2) is 295 Å². The van der Waals surface area contributed by atoms with Crippen molar-refractivity contribution in [1.82, 2.24) is 24.8 Å². The molecule has 14 nitrogen and oxygen atoms in total. The van der Waals surface area contributed by atoms with Crippen molar-refractivity contribution in [3.8, 4) is 11.5 Å². The SMILES string of the molecule is O=C(OC(c1ccccc1)c1ccccc1)C1=C(/C=C/Cn2cnc3cc(O)c(O)cc32)CS[C@@H]2C(NC(=O)/C(=N/OC(c3ccccc3)(c3ccccc3)c3ccccc3)c3csc(NC(c4ccccc4)(c4ccccc4)c4ccccc4)n3)C(=O)N12. The monoisotopic (exact) mass is 1210 g/mol. The average molecular weight is 1210 g/mol. The molecule has 0 bridgehead atoms. The van der Waals surface area contributed by atoms with Crippen LogP contribution >= 0.6 is 23.1 Å². The van der Waals surface area contributed by atoms with Gasteiger partial charge < -0.3 is 35.0 Å². The molecule has 13 rings (SSSR count). The predicted molar refractivity (Wildman–Crippen MR) is 347 cm³/mol. The number of carbonyl (C=O) groups is 3. The molecule has 16 heteroatoms. The van der Waals surface area contributed by atoms with E-state index in [-0.39, 0.29) is 40.9 Å². The zero-order chi connectivity index (χ0) is 60.7. The fourth-order valence-corrected chi connectivity index (χ4v) is 13.7. The number of phenolic OH excluding ortho intramolecular Hbond substituents is 2. The number of allylic oxidation sites excluding steroid dienone is 2. The van der Waals surface area contributed by atoms with Crippen molar-refractivity contribution in [2.75, 3.05) is 11.1 Å². The van der Waals surface area contributed by atoms with E-state index in [4.69, 9.17) is 19.7 Å². The second kappa shape index (κ2) is 25.3. The van der Waals surface area contributed by atoms with Crippen LogP contribution in [0.3, 0.4) is 0 Å². The first-order valence-electron chi connectivity index (χ1n) is 28.9. The van der Waals surface area contributed by atoms with Gasteiger partial charge in [-0.2, -0.15) is 0 Å². The highest BCUT2D eigenvalue weighted by molar-refractivity contribution is 8.00. The largest absolute Gasteiger partial charge is 0.504 e. The lowest BCUT2D eigenvalue weighted by Gasteiger charge is -2.49. The Hall–Kier alpha value is -10.8. The van der Waals surface area contributed by atoms with Gasteiger partial charge in [-0.25, -0.2) is 14.8 Å². The number of anilines is 1. The van der Waals surface area contributed by atoms with Gasteiger partial charge in [0.15, 0.2) is 28.4 Å². The van der Waals surface area contributed by atoms with Crippen molar-refractivity contribution in [2.24, 2.45) is 5.16 Å². The van der Waals surface area contributed by atoms with Gasteiger partial charge in [-0.3, -0.25) is 14.5 Å². The molecule has 0 spiro atoms. The van der Waals surface area contributed by atoms with Crippen LogP contribution in [0.4, 0.5) is 5.13 Å². The number of fused-ring (bicyclic) bond motifs is 2. The normalized spacial score (nSPS) is 15.2. The van der Waals surface area contributed by atoms with Crippen LogP contribution in [0.2, 0.25) is 0 Å². The number of hydrogen-bond donors (Lipinski definition) is 4. The number of oxime groups is 1. The summed E-state index contributed by atoms with van der Waals surface area (Å²) in [5, 5.41) is 33.8. The third kappa shape index (κ3) is 11.2. The molecule has 11 aromatic rings. The van der Waals surface area contributed by atoms with E-state index in [9.17, 15) is 10.2 Å². The highest BCUT2D eigenvalue weighted by Crippen LogP contribution is 2.45. The Morgan fingerprint density at radius 3 is 1.63 bits per heavy atom. The molecule has 2 aromatic heterocycles. The Bertz CT molecular complexity index is 4170. The standard InChI is InChI=1S/C73H57N7O7S2/c81-61-44-58-60(45-62(61)82)79(48-74-58)43-25-30-51-46-88-69-64(68(84)80(69)65(51)70(85)86-66(49-26-9-1-10-27-49)50-28-11-2-12-29-50)76-67(83)63(78-87-73(55-37-19-6-20-38-55,56-39-21-7-22-40-56)57-41-23-8-24-42-57)59-47-89-71(75-59)77-72(52-31-13-3-14-32-52,53-33-15-4-16-34-53)54-35-17-5-18-36-54/h1-42,44-45,47-48,64,66,69,81-82H,43,46H2,(H,75,77)(H,76,83)/b30-25+,78-63+/t64?,69-/m1/s1. The van der Waals surface area contributed by atoms with E-state index >= 15 is 14.4 Å². The van der Waals surface area contributed by atoms with Gasteiger partial charge in [-0.1, -0.05) is 260 Å². The van der Waals surface area contributed by atoms with Gasteiger partial charge in [0, 0.05) is 46.5 Å².